The Morgan fingerprint density at radius 3 is 2.81 bits per heavy atom. The Labute approximate surface area is 101 Å². The fourth-order valence-corrected chi connectivity index (χ4v) is 2.30. The van der Waals surface area contributed by atoms with E-state index in [4.69, 9.17) is 4.74 Å². The summed E-state index contributed by atoms with van der Waals surface area (Å²) < 4.78 is 5.45. The lowest BCUT2D eigenvalue weighted by molar-refractivity contribution is 0.0888. The Bertz CT molecular complexity index is 167. The summed E-state index contributed by atoms with van der Waals surface area (Å²) in [7, 11) is 0. The van der Waals surface area contributed by atoms with Gasteiger partial charge in [-0.15, -0.1) is 0 Å². The summed E-state index contributed by atoms with van der Waals surface area (Å²) in [4.78, 5) is 2.55. The van der Waals surface area contributed by atoms with Crippen LogP contribution in [0, 0.1) is 5.92 Å². The molecule has 1 fully saturated rings. The lowest BCUT2D eigenvalue weighted by Gasteiger charge is -2.32. The molecule has 0 aromatic carbocycles. The molecule has 3 nitrogen and oxygen atoms in total. The molecule has 1 aliphatic heterocycles. The highest BCUT2D eigenvalue weighted by Gasteiger charge is 2.18. The normalized spacial score (nSPS) is 21.9. The number of ether oxygens (including phenoxy) is 1. The van der Waals surface area contributed by atoms with Crippen molar-refractivity contribution in [1.82, 2.24) is 10.2 Å². The van der Waals surface area contributed by atoms with Gasteiger partial charge in [0, 0.05) is 25.7 Å². The third-order valence-corrected chi connectivity index (χ3v) is 3.35. The Morgan fingerprint density at radius 2 is 2.25 bits per heavy atom. The second-order valence-corrected chi connectivity index (χ2v) is 5.00. The van der Waals surface area contributed by atoms with Crippen LogP contribution >= 0.6 is 0 Å². The zero-order valence-corrected chi connectivity index (χ0v) is 11.2. The Balaban J connectivity index is 2.25. The zero-order chi connectivity index (χ0) is 11.8. The van der Waals surface area contributed by atoms with E-state index in [-0.39, 0.29) is 0 Å². The van der Waals surface area contributed by atoms with E-state index in [9.17, 15) is 0 Å². The Kier molecular flexibility index (Phi) is 7.01. The molecule has 3 heteroatoms. The average molecular weight is 228 g/mol. The first-order chi connectivity index (χ1) is 7.74. The molecule has 0 amide bonds. The molecule has 1 saturated heterocycles. The van der Waals surface area contributed by atoms with Gasteiger partial charge in [-0.25, -0.2) is 0 Å². The van der Waals surface area contributed by atoms with E-state index < -0.39 is 0 Å². The fraction of sp³-hybridized carbons (Fsp3) is 1.00. The minimum Gasteiger partial charge on any atom is -0.380 e. The maximum Gasteiger partial charge on any atom is 0.0593 e. The molecular formula is C13H28N2O. The van der Waals surface area contributed by atoms with E-state index in [0.717, 1.165) is 25.7 Å². The molecule has 0 aromatic rings. The topological polar surface area (TPSA) is 24.5 Å². The largest absolute Gasteiger partial charge is 0.380 e. The van der Waals surface area contributed by atoms with Gasteiger partial charge in [0.05, 0.1) is 6.61 Å². The van der Waals surface area contributed by atoms with Crippen molar-refractivity contribution >= 4 is 0 Å². The molecule has 0 radical (unpaired) electrons. The molecule has 1 aliphatic rings. The highest BCUT2D eigenvalue weighted by molar-refractivity contribution is 4.74. The monoisotopic (exact) mass is 228 g/mol. The summed E-state index contributed by atoms with van der Waals surface area (Å²) in [6.45, 7) is 13.0. The van der Waals surface area contributed by atoms with Crippen molar-refractivity contribution in [2.24, 2.45) is 5.92 Å². The quantitative estimate of drug-likeness (QED) is 0.672. The molecule has 96 valence electrons. The molecule has 1 unspecified atom stereocenters. The first-order valence-electron chi connectivity index (χ1n) is 6.76. The molecule has 1 N–H and O–H groups in total. The standard InChI is InChI=1S/C13H28N2O/c1-4-16-9-8-15(12(2)3)11-13-6-5-7-14-10-13/h12-14H,4-11H2,1-3H3. The molecule has 0 aromatic heterocycles. The third kappa shape index (κ3) is 5.28. The maximum absolute atomic E-state index is 5.45. The molecule has 0 bridgehead atoms. The van der Waals surface area contributed by atoms with Gasteiger partial charge in [0.15, 0.2) is 0 Å². The summed E-state index contributed by atoms with van der Waals surface area (Å²) in [5, 5.41) is 3.49. The van der Waals surface area contributed by atoms with Crippen LogP contribution in [0.1, 0.15) is 33.6 Å². The van der Waals surface area contributed by atoms with Crippen LogP contribution in [0.25, 0.3) is 0 Å². The molecular weight excluding hydrogens is 200 g/mol. The highest BCUT2D eigenvalue weighted by Crippen LogP contribution is 2.13. The maximum atomic E-state index is 5.45. The van der Waals surface area contributed by atoms with E-state index >= 15 is 0 Å². The van der Waals surface area contributed by atoms with Crippen LogP contribution in [0.15, 0.2) is 0 Å². The lowest BCUT2D eigenvalue weighted by Crippen LogP contribution is -2.42. The molecule has 16 heavy (non-hydrogen) atoms. The molecule has 0 saturated carbocycles. The Hall–Kier alpha value is -0.120. The van der Waals surface area contributed by atoms with Crippen molar-refractivity contribution in [2.75, 3.05) is 39.4 Å². The SMILES string of the molecule is CCOCCN(CC1CCCNC1)C(C)C. The molecule has 0 aliphatic carbocycles. The summed E-state index contributed by atoms with van der Waals surface area (Å²) in [6.07, 6.45) is 2.72. The number of rotatable bonds is 7. The fourth-order valence-electron chi connectivity index (χ4n) is 2.30. The first-order valence-corrected chi connectivity index (χ1v) is 6.76. The number of hydrogen-bond acceptors (Lipinski definition) is 3. The third-order valence-electron chi connectivity index (χ3n) is 3.35. The van der Waals surface area contributed by atoms with Crippen LogP contribution in [0.3, 0.4) is 0 Å². The number of piperidine rings is 1. The second kappa shape index (κ2) is 8.04. The molecule has 1 heterocycles. The number of hydrogen-bond donors (Lipinski definition) is 1. The summed E-state index contributed by atoms with van der Waals surface area (Å²) in [6, 6.07) is 0.627. The second-order valence-electron chi connectivity index (χ2n) is 5.00. The minimum atomic E-state index is 0.627. The van der Waals surface area contributed by atoms with Gasteiger partial charge in [-0.1, -0.05) is 0 Å². The zero-order valence-electron chi connectivity index (χ0n) is 11.2. The predicted molar refractivity (Wildman–Crippen MR) is 68.8 cm³/mol. The Morgan fingerprint density at radius 1 is 1.44 bits per heavy atom. The number of nitrogens with one attached hydrogen (secondary N) is 1. The van der Waals surface area contributed by atoms with E-state index in [1.807, 2.05) is 0 Å². The van der Waals surface area contributed by atoms with Crippen LogP contribution in [-0.4, -0.2) is 50.3 Å². The van der Waals surface area contributed by atoms with Crippen LogP contribution < -0.4 is 5.32 Å². The van der Waals surface area contributed by atoms with Crippen molar-refractivity contribution < 1.29 is 4.74 Å². The van der Waals surface area contributed by atoms with Gasteiger partial charge < -0.3 is 10.1 Å². The van der Waals surface area contributed by atoms with E-state index in [1.54, 1.807) is 0 Å². The highest BCUT2D eigenvalue weighted by atomic mass is 16.5. The van der Waals surface area contributed by atoms with Gasteiger partial charge in [0.1, 0.15) is 0 Å². The van der Waals surface area contributed by atoms with Gasteiger partial charge in [-0.05, 0) is 52.6 Å². The van der Waals surface area contributed by atoms with Crippen molar-refractivity contribution in [3.63, 3.8) is 0 Å². The smallest absolute Gasteiger partial charge is 0.0593 e. The summed E-state index contributed by atoms with van der Waals surface area (Å²) in [5.41, 5.74) is 0. The minimum absolute atomic E-state index is 0.627. The van der Waals surface area contributed by atoms with Crippen molar-refractivity contribution in [3.05, 3.63) is 0 Å². The van der Waals surface area contributed by atoms with Crippen LogP contribution in [0.5, 0.6) is 0 Å². The summed E-state index contributed by atoms with van der Waals surface area (Å²) >= 11 is 0. The average Bonchev–Trinajstić information content (AvgIpc) is 2.29. The van der Waals surface area contributed by atoms with Crippen molar-refractivity contribution in [2.45, 2.75) is 39.7 Å². The lowest BCUT2D eigenvalue weighted by atomic mass is 9.98. The van der Waals surface area contributed by atoms with Gasteiger partial charge in [-0.2, -0.15) is 0 Å². The van der Waals surface area contributed by atoms with Gasteiger partial charge in [0.25, 0.3) is 0 Å². The van der Waals surface area contributed by atoms with Gasteiger partial charge in [-0.3, -0.25) is 4.90 Å². The van der Waals surface area contributed by atoms with Crippen molar-refractivity contribution in [1.29, 1.82) is 0 Å². The molecule has 0 spiro atoms. The van der Waals surface area contributed by atoms with E-state index in [1.165, 1.54) is 32.5 Å². The van der Waals surface area contributed by atoms with Gasteiger partial charge in [0.2, 0.25) is 0 Å². The van der Waals surface area contributed by atoms with E-state index in [0.29, 0.717) is 6.04 Å². The first kappa shape index (κ1) is 13.9. The van der Waals surface area contributed by atoms with Gasteiger partial charge >= 0.3 is 0 Å². The van der Waals surface area contributed by atoms with Crippen molar-refractivity contribution in [3.8, 4) is 0 Å². The predicted octanol–water partition coefficient (Wildman–Crippen LogP) is 1.73. The summed E-state index contributed by atoms with van der Waals surface area (Å²) in [5.74, 6) is 0.831. The van der Waals surface area contributed by atoms with Crippen LogP contribution in [-0.2, 0) is 4.74 Å². The molecule has 1 atom stereocenters. The van der Waals surface area contributed by atoms with Crippen LogP contribution in [0.4, 0.5) is 0 Å². The number of nitrogens with zero attached hydrogens (tertiary/aromatic N) is 1. The molecule has 1 rings (SSSR count). The van der Waals surface area contributed by atoms with E-state index in [2.05, 4.69) is 31.0 Å². The van der Waals surface area contributed by atoms with Crippen LogP contribution in [0.2, 0.25) is 0 Å².